The maximum Gasteiger partial charge on any atom is 0.338 e. The largest absolute Gasteiger partial charge is 0.458 e. The Morgan fingerprint density at radius 1 is 0.875 bits per heavy atom. The van der Waals surface area contributed by atoms with E-state index in [1.165, 1.54) is 16.7 Å². The summed E-state index contributed by atoms with van der Waals surface area (Å²) in [5.74, 6) is 0.903. The van der Waals surface area contributed by atoms with Gasteiger partial charge in [-0.3, -0.25) is 0 Å². The minimum Gasteiger partial charge on any atom is -0.458 e. The Labute approximate surface area is 142 Å². The highest BCUT2D eigenvalue weighted by Gasteiger charge is 2.38. The van der Waals surface area contributed by atoms with Crippen LogP contribution in [0.2, 0.25) is 0 Å². The molecule has 120 valence electrons. The Balaban J connectivity index is 1.43. The first-order valence-corrected chi connectivity index (χ1v) is 8.85. The molecule has 3 unspecified atom stereocenters. The number of rotatable bonds is 2. The Morgan fingerprint density at radius 3 is 2.42 bits per heavy atom. The average molecular weight is 316 g/mol. The number of carbonyl (C=O) groups excluding carboxylic acids is 1. The van der Waals surface area contributed by atoms with Gasteiger partial charge in [0.25, 0.3) is 0 Å². The summed E-state index contributed by atoms with van der Waals surface area (Å²) in [5.41, 5.74) is 5.87. The summed E-state index contributed by atoms with van der Waals surface area (Å²) in [4.78, 5) is 12.8. The van der Waals surface area contributed by atoms with Gasteiger partial charge in [-0.2, -0.15) is 0 Å². The summed E-state index contributed by atoms with van der Waals surface area (Å²) in [6.07, 6.45) is 8.44. The van der Waals surface area contributed by atoms with Crippen molar-refractivity contribution in [3.05, 3.63) is 82.4 Å². The van der Waals surface area contributed by atoms with Crippen LogP contribution in [-0.2, 0) is 17.6 Å². The second-order valence-electron chi connectivity index (χ2n) is 7.29. The van der Waals surface area contributed by atoms with Crippen LogP contribution in [0.5, 0.6) is 0 Å². The van der Waals surface area contributed by atoms with Crippen LogP contribution in [0.4, 0.5) is 0 Å². The van der Waals surface area contributed by atoms with Crippen molar-refractivity contribution in [2.75, 3.05) is 0 Å². The van der Waals surface area contributed by atoms with Crippen molar-refractivity contribution in [3.8, 4) is 0 Å². The minimum atomic E-state index is -0.141. The number of allylic oxidation sites excluding steroid dienone is 1. The van der Waals surface area contributed by atoms with E-state index in [2.05, 4.69) is 42.5 Å². The second kappa shape index (κ2) is 5.34. The Kier molecular flexibility index (Phi) is 3.12. The molecule has 24 heavy (non-hydrogen) atoms. The molecule has 0 aliphatic heterocycles. The van der Waals surface area contributed by atoms with Gasteiger partial charge in [0.15, 0.2) is 0 Å². The monoisotopic (exact) mass is 316 g/mol. The third-order valence-corrected chi connectivity index (χ3v) is 5.84. The number of hydrogen-bond donors (Lipinski definition) is 0. The molecule has 0 radical (unpaired) electrons. The summed E-state index contributed by atoms with van der Waals surface area (Å²) in [6.45, 7) is 0. The van der Waals surface area contributed by atoms with Gasteiger partial charge in [0, 0.05) is 5.92 Å². The van der Waals surface area contributed by atoms with Crippen LogP contribution in [0.25, 0.3) is 0 Å². The third-order valence-electron chi connectivity index (χ3n) is 5.84. The smallest absolute Gasteiger partial charge is 0.338 e. The lowest BCUT2D eigenvalue weighted by Gasteiger charge is -2.23. The number of ether oxygens (including phenoxy) is 1. The summed E-state index contributed by atoms with van der Waals surface area (Å²) < 4.78 is 5.90. The Morgan fingerprint density at radius 2 is 1.67 bits per heavy atom. The Hall–Kier alpha value is -2.35. The molecule has 0 amide bonds. The van der Waals surface area contributed by atoms with Gasteiger partial charge in [-0.15, -0.1) is 0 Å². The van der Waals surface area contributed by atoms with Crippen molar-refractivity contribution in [3.63, 3.8) is 0 Å². The van der Waals surface area contributed by atoms with Gasteiger partial charge in [0.05, 0.1) is 5.56 Å². The zero-order valence-electron chi connectivity index (χ0n) is 13.6. The SMILES string of the molecule is O=C(OC1CC2C=CC1C2)c1cccc2c1Cc1ccccc1C2. The summed E-state index contributed by atoms with van der Waals surface area (Å²) in [7, 11) is 0. The molecule has 0 saturated heterocycles. The summed E-state index contributed by atoms with van der Waals surface area (Å²) >= 11 is 0. The van der Waals surface area contributed by atoms with Crippen LogP contribution in [0.3, 0.4) is 0 Å². The molecule has 0 aromatic heterocycles. The molecule has 0 N–H and O–H groups in total. The lowest BCUT2D eigenvalue weighted by atomic mass is 9.84. The lowest BCUT2D eigenvalue weighted by Crippen LogP contribution is -2.24. The lowest BCUT2D eigenvalue weighted by molar-refractivity contribution is 0.0241. The molecule has 1 fully saturated rings. The van der Waals surface area contributed by atoms with E-state index in [9.17, 15) is 4.79 Å². The van der Waals surface area contributed by atoms with Crippen molar-refractivity contribution >= 4 is 5.97 Å². The predicted octanol–water partition coefficient (Wildman–Crippen LogP) is 4.30. The van der Waals surface area contributed by atoms with Gasteiger partial charge in [-0.25, -0.2) is 4.79 Å². The van der Waals surface area contributed by atoms with Crippen molar-refractivity contribution in [1.29, 1.82) is 0 Å². The first-order valence-electron chi connectivity index (χ1n) is 8.85. The number of carbonyl (C=O) groups is 1. The molecule has 0 spiro atoms. The highest BCUT2D eigenvalue weighted by molar-refractivity contribution is 5.92. The van der Waals surface area contributed by atoms with Crippen LogP contribution in [0.1, 0.15) is 45.5 Å². The Bertz CT molecular complexity index is 849. The standard InChI is InChI=1S/C22H20O2/c23-22(24-21-11-14-8-9-18(21)10-14)19-7-3-6-17-12-15-4-1-2-5-16(15)13-20(17)19/h1-9,14,18,21H,10-13H2. The zero-order chi connectivity index (χ0) is 16.1. The average Bonchev–Trinajstić information content (AvgIpc) is 3.22. The van der Waals surface area contributed by atoms with Gasteiger partial charge in [-0.05, 0) is 59.9 Å². The zero-order valence-corrected chi connectivity index (χ0v) is 13.6. The molecular formula is C22H20O2. The van der Waals surface area contributed by atoms with E-state index in [1.807, 2.05) is 12.1 Å². The molecule has 2 heteroatoms. The maximum atomic E-state index is 12.8. The molecule has 2 nitrogen and oxygen atoms in total. The molecule has 3 aliphatic carbocycles. The molecule has 2 aromatic rings. The number of hydrogen-bond acceptors (Lipinski definition) is 2. The molecule has 5 rings (SSSR count). The minimum absolute atomic E-state index is 0.0687. The van der Waals surface area contributed by atoms with Crippen LogP contribution in [-0.4, -0.2) is 12.1 Å². The quantitative estimate of drug-likeness (QED) is 0.520. The van der Waals surface area contributed by atoms with Crippen LogP contribution < -0.4 is 0 Å². The first kappa shape index (κ1) is 14.0. The molecule has 3 atom stereocenters. The fourth-order valence-corrected chi connectivity index (χ4v) is 4.57. The molecule has 1 saturated carbocycles. The van der Waals surface area contributed by atoms with Crippen molar-refractivity contribution in [1.82, 2.24) is 0 Å². The van der Waals surface area contributed by atoms with E-state index in [1.54, 1.807) is 0 Å². The van der Waals surface area contributed by atoms with Gasteiger partial charge in [-0.1, -0.05) is 48.6 Å². The van der Waals surface area contributed by atoms with Crippen LogP contribution >= 0.6 is 0 Å². The van der Waals surface area contributed by atoms with E-state index >= 15 is 0 Å². The van der Waals surface area contributed by atoms with Crippen LogP contribution in [0, 0.1) is 11.8 Å². The first-order chi connectivity index (χ1) is 11.8. The van der Waals surface area contributed by atoms with E-state index in [-0.39, 0.29) is 12.1 Å². The predicted molar refractivity (Wildman–Crippen MR) is 93.1 cm³/mol. The summed E-state index contributed by atoms with van der Waals surface area (Å²) in [6, 6.07) is 14.6. The van der Waals surface area contributed by atoms with Crippen molar-refractivity contribution < 1.29 is 9.53 Å². The van der Waals surface area contributed by atoms with E-state index < -0.39 is 0 Å². The number of fused-ring (bicyclic) bond motifs is 4. The van der Waals surface area contributed by atoms with E-state index in [0.29, 0.717) is 11.8 Å². The molecule has 0 heterocycles. The molecule has 2 aromatic carbocycles. The fraction of sp³-hybridized carbons (Fsp3) is 0.318. The second-order valence-corrected chi connectivity index (χ2v) is 7.29. The fourth-order valence-electron chi connectivity index (χ4n) is 4.57. The molecular weight excluding hydrogens is 296 g/mol. The van der Waals surface area contributed by atoms with Gasteiger partial charge in [0.1, 0.15) is 6.10 Å². The highest BCUT2D eigenvalue weighted by Crippen LogP contribution is 2.41. The van der Waals surface area contributed by atoms with E-state index in [0.717, 1.165) is 36.8 Å². The molecule has 2 bridgehead atoms. The number of esters is 1. The van der Waals surface area contributed by atoms with Gasteiger partial charge >= 0.3 is 5.97 Å². The molecule has 3 aliphatic rings. The van der Waals surface area contributed by atoms with E-state index in [4.69, 9.17) is 4.74 Å². The maximum absolute atomic E-state index is 12.8. The highest BCUT2D eigenvalue weighted by atomic mass is 16.5. The van der Waals surface area contributed by atoms with Crippen molar-refractivity contribution in [2.24, 2.45) is 11.8 Å². The number of benzene rings is 2. The van der Waals surface area contributed by atoms with Crippen LogP contribution in [0.15, 0.2) is 54.6 Å². The van der Waals surface area contributed by atoms with Gasteiger partial charge in [0.2, 0.25) is 0 Å². The topological polar surface area (TPSA) is 26.3 Å². The summed E-state index contributed by atoms with van der Waals surface area (Å²) in [5, 5.41) is 0. The normalized spacial score (nSPS) is 26.1. The van der Waals surface area contributed by atoms with Gasteiger partial charge < -0.3 is 4.74 Å². The third kappa shape index (κ3) is 2.21. The van der Waals surface area contributed by atoms with Crippen molar-refractivity contribution in [2.45, 2.75) is 31.8 Å².